The van der Waals surface area contributed by atoms with Crippen LogP contribution in [0.15, 0.2) is 24.3 Å². The lowest BCUT2D eigenvalue weighted by atomic mass is 10.1. The third-order valence-corrected chi connectivity index (χ3v) is 4.68. The van der Waals surface area contributed by atoms with Crippen LogP contribution in [0.5, 0.6) is 0 Å². The van der Waals surface area contributed by atoms with Crippen LogP contribution in [-0.2, 0) is 11.2 Å². The number of aryl methyl sites for hydroxylation is 2. The average Bonchev–Trinajstić information content (AvgIpc) is 2.72. The molecule has 0 atom stereocenters. The third kappa shape index (κ3) is 4.63. The molecular weight excluding hydrogens is 327 g/mol. The molecule has 0 saturated carbocycles. The fourth-order valence-corrected chi connectivity index (χ4v) is 3.52. The Morgan fingerprint density at radius 3 is 2.76 bits per heavy atom. The van der Waals surface area contributed by atoms with E-state index >= 15 is 0 Å². The Morgan fingerprint density at radius 2 is 2.10 bits per heavy atom. The first-order valence-corrected chi connectivity index (χ1v) is 8.12. The summed E-state index contributed by atoms with van der Waals surface area (Å²) in [5.41, 5.74) is 9.11. The Hall–Kier alpha value is -1.23. The van der Waals surface area contributed by atoms with Gasteiger partial charge in [-0.05, 0) is 49.1 Å². The van der Waals surface area contributed by atoms with Crippen molar-refractivity contribution < 1.29 is 4.79 Å². The van der Waals surface area contributed by atoms with Crippen molar-refractivity contribution in [3.05, 3.63) is 44.1 Å². The highest BCUT2D eigenvalue weighted by Crippen LogP contribution is 2.32. The van der Waals surface area contributed by atoms with E-state index < -0.39 is 0 Å². The fourth-order valence-electron chi connectivity index (χ4n) is 1.97. The van der Waals surface area contributed by atoms with Crippen molar-refractivity contribution >= 4 is 51.8 Å². The monoisotopic (exact) mass is 342 g/mol. The van der Waals surface area contributed by atoms with Crippen LogP contribution in [-0.4, -0.2) is 5.91 Å². The van der Waals surface area contributed by atoms with Crippen LogP contribution in [0, 0.1) is 6.92 Å². The van der Waals surface area contributed by atoms with Crippen molar-refractivity contribution in [2.45, 2.75) is 26.2 Å². The third-order valence-electron chi connectivity index (χ3n) is 3.11. The van der Waals surface area contributed by atoms with Gasteiger partial charge in [0.25, 0.3) is 0 Å². The number of carbonyl (C=O) groups excluding carboxylic acids is 1. The van der Waals surface area contributed by atoms with Gasteiger partial charge in [0.1, 0.15) is 0 Å². The van der Waals surface area contributed by atoms with E-state index in [0.717, 1.165) is 29.7 Å². The largest absolute Gasteiger partial charge is 0.399 e. The molecule has 3 N–H and O–H groups in total. The van der Waals surface area contributed by atoms with Crippen molar-refractivity contribution in [2.24, 2.45) is 0 Å². The molecule has 2 aromatic rings. The average molecular weight is 343 g/mol. The summed E-state index contributed by atoms with van der Waals surface area (Å²) in [6.45, 7) is 1.93. The highest BCUT2D eigenvalue weighted by Gasteiger charge is 2.08. The van der Waals surface area contributed by atoms with Crippen molar-refractivity contribution in [3.8, 4) is 0 Å². The predicted molar refractivity (Wildman–Crippen MR) is 91.5 cm³/mol. The predicted octanol–water partition coefficient (Wildman–Crippen LogP) is 4.91. The summed E-state index contributed by atoms with van der Waals surface area (Å²) in [4.78, 5) is 11.9. The van der Waals surface area contributed by atoms with Crippen LogP contribution in [0.3, 0.4) is 0 Å². The lowest BCUT2D eigenvalue weighted by Gasteiger charge is -2.09. The first-order valence-electron chi connectivity index (χ1n) is 6.55. The van der Waals surface area contributed by atoms with Gasteiger partial charge in [-0.2, -0.15) is 0 Å². The maximum absolute atomic E-state index is 11.9. The second-order valence-electron chi connectivity index (χ2n) is 4.83. The minimum absolute atomic E-state index is 0.0267. The summed E-state index contributed by atoms with van der Waals surface area (Å²) in [5, 5.41) is 2.88. The van der Waals surface area contributed by atoms with E-state index in [1.54, 1.807) is 6.07 Å². The van der Waals surface area contributed by atoms with Crippen LogP contribution < -0.4 is 11.1 Å². The van der Waals surface area contributed by atoms with Crippen LogP contribution in [0.1, 0.15) is 24.0 Å². The first-order chi connectivity index (χ1) is 9.95. The molecule has 1 aromatic carbocycles. The molecule has 1 amide bonds. The second-order valence-corrected chi connectivity index (χ2v) is 7.11. The van der Waals surface area contributed by atoms with Gasteiger partial charge >= 0.3 is 0 Å². The molecule has 0 fully saturated rings. The highest BCUT2D eigenvalue weighted by atomic mass is 35.5. The van der Waals surface area contributed by atoms with Crippen molar-refractivity contribution in [3.63, 3.8) is 0 Å². The van der Waals surface area contributed by atoms with Gasteiger partial charge in [-0.1, -0.05) is 29.3 Å². The lowest BCUT2D eigenvalue weighted by Crippen LogP contribution is -2.12. The molecule has 3 nitrogen and oxygen atoms in total. The molecular formula is C15H16Cl2N2OS. The zero-order chi connectivity index (χ0) is 15.4. The van der Waals surface area contributed by atoms with Gasteiger partial charge in [-0.3, -0.25) is 4.79 Å². The van der Waals surface area contributed by atoms with Gasteiger partial charge in [0.05, 0.1) is 8.67 Å². The number of nitrogens with two attached hydrogens (primary N) is 1. The molecule has 6 heteroatoms. The standard InChI is InChI=1S/C15H16Cl2N2OS/c1-9-5-6-11(18)8-12(9)19-14(20)4-2-3-10-7-13(16)21-15(10)17/h5-8H,2-4,18H2,1H3,(H,19,20). The number of rotatable bonds is 5. The summed E-state index contributed by atoms with van der Waals surface area (Å²) in [6, 6.07) is 7.32. The van der Waals surface area contributed by atoms with Gasteiger partial charge in [-0.15, -0.1) is 11.3 Å². The normalized spacial score (nSPS) is 10.6. The van der Waals surface area contributed by atoms with Crippen LogP contribution in [0.25, 0.3) is 0 Å². The smallest absolute Gasteiger partial charge is 0.224 e. The van der Waals surface area contributed by atoms with Gasteiger partial charge in [0, 0.05) is 17.8 Å². The summed E-state index contributed by atoms with van der Waals surface area (Å²) < 4.78 is 1.38. The van der Waals surface area contributed by atoms with Gasteiger partial charge in [0.2, 0.25) is 5.91 Å². The van der Waals surface area contributed by atoms with Crippen molar-refractivity contribution in [1.82, 2.24) is 0 Å². The van der Waals surface area contributed by atoms with Crippen molar-refractivity contribution in [1.29, 1.82) is 0 Å². The van der Waals surface area contributed by atoms with E-state index in [1.807, 2.05) is 25.1 Å². The van der Waals surface area contributed by atoms with Crippen molar-refractivity contribution in [2.75, 3.05) is 11.1 Å². The molecule has 1 aromatic heterocycles. The van der Waals surface area contributed by atoms with Gasteiger partial charge in [0.15, 0.2) is 0 Å². The molecule has 0 aliphatic heterocycles. The zero-order valence-electron chi connectivity index (χ0n) is 11.6. The molecule has 0 radical (unpaired) electrons. The summed E-state index contributed by atoms with van der Waals surface area (Å²) >= 11 is 13.3. The molecule has 0 aliphatic rings. The minimum Gasteiger partial charge on any atom is -0.399 e. The Morgan fingerprint density at radius 1 is 1.33 bits per heavy atom. The fraction of sp³-hybridized carbons (Fsp3) is 0.267. The van der Waals surface area contributed by atoms with E-state index in [1.165, 1.54) is 11.3 Å². The van der Waals surface area contributed by atoms with E-state index in [9.17, 15) is 4.79 Å². The van der Waals surface area contributed by atoms with E-state index in [2.05, 4.69) is 5.32 Å². The topological polar surface area (TPSA) is 55.1 Å². The number of benzene rings is 1. The first kappa shape index (κ1) is 16.1. The number of nitrogen functional groups attached to an aromatic ring is 1. The molecule has 0 aliphatic carbocycles. The number of amides is 1. The minimum atomic E-state index is -0.0267. The molecule has 1 heterocycles. The number of halogens is 2. The Kier molecular flexibility index (Phi) is 5.51. The maximum Gasteiger partial charge on any atom is 0.224 e. The number of anilines is 2. The molecule has 2 rings (SSSR count). The molecule has 0 spiro atoms. The molecule has 0 unspecified atom stereocenters. The van der Waals surface area contributed by atoms with E-state index in [4.69, 9.17) is 28.9 Å². The maximum atomic E-state index is 11.9. The highest BCUT2D eigenvalue weighted by molar-refractivity contribution is 7.20. The van der Waals surface area contributed by atoms with E-state index in [0.29, 0.717) is 20.8 Å². The lowest BCUT2D eigenvalue weighted by molar-refractivity contribution is -0.116. The zero-order valence-corrected chi connectivity index (χ0v) is 13.9. The molecule has 112 valence electrons. The summed E-state index contributed by atoms with van der Waals surface area (Å²) in [6.07, 6.45) is 1.89. The summed E-state index contributed by atoms with van der Waals surface area (Å²) in [7, 11) is 0. The van der Waals surface area contributed by atoms with Crippen LogP contribution in [0.4, 0.5) is 11.4 Å². The quantitative estimate of drug-likeness (QED) is 0.758. The van der Waals surface area contributed by atoms with E-state index in [-0.39, 0.29) is 5.91 Å². The second kappa shape index (κ2) is 7.16. The Labute approximate surface area is 138 Å². The number of nitrogens with one attached hydrogen (secondary N) is 1. The van der Waals surface area contributed by atoms with Crippen LogP contribution >= 0.6 is 34.5 Å². The SMILES string of the molecule is Cc1ccc(N)cc1NC(=O)CCCc1cc(Cl)sc1Cl. The molecule has 0 bridgehead atoms. The Bertz CT molecular complexity index is 655. The number of carbonyl (C=O) groups is 1. The molecule has 0 saturated heterocycles. The summed E-state index contributed by atoms with van der Waals surface area (Å²) in [5.74, 6) is -0.0267. The van der Waals surface area contributed by atoms with Crippen LogP contribution in [0.2, 0.25) is 8.67 Å². The van der Waals surface area contributed by atoms with Gasteiger partial charge in [-0.25, -0.2) is 0 Å². The Balaban J connectivity index is 1.85. The molecule has 21 heavy (non-hydrogen) atoms. The number of hydrogen-bond donors (Lipinski definition) is 2. The number of thiophene rings is 1. The number of hydrogen-bond acceptors (Lipinski definition) is 3. The van der Waals surface area contributed by atoms with Gasteiger partial charge < -0.3 is 11.1 Å².